The topological polar surface area (TPSA) is 79.0 Å². The molecule has 1 saturated carbocycles. The number of nitrogens with zero attached hydrogens (tertiary/aromatic N) is 2. The Bertz CT molecular complexity index is 862. The van der Waals surface area contributed by atoms with Gasteiger partial charge in [-0.2, -0.15) is 0 Å². The van der Waals surface area contributed by atoms with E-state index >= 15 is 0 Å². The van der Waals surface area contributed by atoms with Crippen LogP contribution in [0.15, 0.2) is 30.3 Å². The highest BCUT2D eigenvalue weighted by molar-refractivity contribution is 5.96. The van der Waals surface area contributed by atoms with Gasteiger partial charge in [0.1, 0.15) is 12.6 Å². The van der Waals surface area contributed by atoms with Crippen LogP contribution in [0.25, 0.3) is 0 Å². The molecule has 1 aromatic carbocycles. The van der Waals surface area contributed by atoms with Crippen LogP contribution in [0.1, 0.15) is 31.9 Å². The van der Waals surface area contributed by atoms with Crippen molar-refractivity contribution >= 4 is 17.9 Å². The van der Waals surface area contributed by atoms with E-state index < -0.39 is 6.09 Å². The normalized spacial score (nSPS) is 31.5. The molecule has 1 unspecified atom stereocenters. The average Bonchev–Trinajstić information content (AvgIpc) is 3.01. The lowest BCUT2D eigenvalue weighted by atomic mass is 9.70. The van der Waals surface area contributed by atoms with E-state index in [0.717, 1.165) is 12.0 Å². The lowest BCUT2D eigenvalue weighted by Gasteiger charge is -2.51. The predicted molar refractivity (Wildman–Crippen MR) is 105 cm³/mol. The van der Waals surface area contributed by atoms with Gasteiger partial charge in [0.25, 0.3) is 0 Å². The molecule has 0 bridgehead atoms. The van der Waals surface area contributed by atoms with Crippen LogP contribution in [0.4, 0.5) is 4.79 Å². The average molecular weight is 397 g/mol. The summed E-state index contributed by atoms with van der Waals surface area (Å²) in [6, 6.07) is 9.14. The largest absolute Gasteiger partial charge is 0.446 e. The highest BCUT2D eigenvalue weighted by Gasteiger charge is 2.61. The third-order valence-electron chi connectivity index (χ3n) is 7.29. The number of hydrogen-bond donors (Lipinski definition) is 1. The molecular weight excluding hydrogens is 370 g/mol. The third-order valence-corrected chi connectivity index (χ3v) is 7.29. The summed E-state index contributed by atoms with van der Waals surface area (Å²) in [5.41, 5.74) is 0.717. The molecule has 1 N–H and O–H groups in total. The molecule has 4 fully saturated rings. The Morgan fingerprint density at radius 3 is 2.45 bits per heavy atom. The lowest BCUT2D eigenvalue weighted by molar-refractivity contribution is -0.154. The SMILES string of the molecule is CC1(C)C[C@@H]1C(=O)N1CC2(CNC[C@H]2C(=O)N2C(=O)OCC2c2ccccc2)C1. The summed E-state index contributed by atoms with van der Waals surface area (Å²) in [5, 5.41) is 3.32. The molecule has 154 valence electrons. The summed E-state index contributed by atoms with van der Waals surface area (Å²) in [5.74, 6) is -0.193. The van der Waals surface area contributed by atoms with E-state index in [2.05, 4.69) is 19.2 Å². The Labute approximate surface area is 170 Å². The third kappa shape index (κ3) is 2.86. The van der Waals surface area contributed by atoms with Crippen molar-refractivity contribution in [1.82, 2.24) is 15.1 Å². The van der Waals surface area contributed by atoms with Crippen molar-refractivity contribution in [3.63, 3.8) is 0 Å². The number of nitrogens with one attached hydrogen (secondary N) is 1. The molecule has 5 rings (SSSR count). The summed E-state index contributed by atoms with van der Waals surface area (Å²) in [7, 11) is 0. The maximum absolute atomic E-state index is 13.5. The molecule has 3 saturated heterocycles. The zero-order valence-corrected chi connectivity index (χ0v) is 16.9. The highest BCUT2D eigenvalue weighted by atomic mass is 16.6. The fraction of sp³-hybridized carbons (Fsp3) is 0.591. The molecule has 1 spiro atoms. The first-order valence-electron chi connectivity index (χ1n) is 10.4. The molecule has 3 aliphatic heterocycles. The van der Waals surface area contributed by atoms with Crippen molar-refractivity contribution in [2.75, 3.05) is 32.8 Å². The van der Waals surface area contributed by atoms with Crippen LogP contribution in [-0.2, 0) is 14.3 Å². The first-order valence-corrected chi connectivity index (χ1v) is 10.4. The van der Waals surface area contributed by atoms with Gasteiger partial charge >= 0.3 is 6.09 Å². The van der Waals surface area contributed by atoms with E-state index in [1.807, 2.05) is 35.2 Å². The number of carbonyl (C=O) groups is 3. The minimum Gasteiger partial charge on any atom is -0.446 e. The summed E-state index contributed by atoms with van der Waals surface area (Å²) in [6.45, 7) is 6.82. The Morgan fingerprint density at radius 2 is 1.79 bits per heavy atom. The van der Waals surface area contributed by atoms with E-state index in [9.17, 15) is 14.4 Å². The molecule has 4 aliphatic rings. The minimum atomic E-state index is -0.571. The van der Waals surface area contributed by atoms with E-state index in [4.69, 9.17) is 4.74 Å². The molecule has 0 radical (unpaired) electrons. The number of imide groups is 1. The summed E-state index contributed by atoms with van der Waals surface area (Å²) in [4.78, 5) is 41.8. The molecule has 3 atom stereocenters. The predicted octanol–water partition coefficient (Wildman–Crippen LogP) is 1.80. The van der Waals surface area contributed by atoms with Crippen LogP contribution in [-0.4, -0.2) is 60.5 Å². The number of hydrogen-bond acceptors (Lipinski definition) is 5. The van der Waals surface area contributed by atoms with E-state index in [0.29, 0.717) is 26.2 Å². The number of likely N-dealkylation sites (tertiary alicyclic amines) is 1. The first kappa shape index (κ1) is 18.6. The Hall–Kier alpha value is -2.41. The van der Waals surface area contributed by atoms with Gasteiger partial charge < -0.3 is 15.0 Å². The Kier molecular flexibility index (Phi) is 4.04. The quantitative estimate of drug-likeness (QED) is 0.842. The maximum atomic E-state index is 13.5. The van der Waals surface area contributed by atoms with Gasteiger partial charge in [0.2, 0.25) is 11.8 Å². The second kappa shape index (κ2) is 6.29. The number of ether oxygens (including phenoxy) is 1. The maximum Gasteiger partial charge on any atom is 0.417 e. The molecule has 1 aliphatic carbocycles. The number of cyclic esters (lactones) is 1. The molecule has 7 heteroatoms. The van der Waals surface area contributed by atoms with Crippen molar-refractivity contribution in [1.29, 1.82) is 0 Å². The van der Waals surface area contributed by atoms with Crippen molar-refractivity contribution in [2.24, 2.45) is 22.7 Å². The van der Waals surface area contributed by atoms with Gasteiger partial charge in [0, 0.05) is 37.5 Å². The van der Waals surface area contributed by atoms with E-state index in [-0.39, 0.29) is 47.1 Å². The highest BCUT2D eigenvalue weighted by Crippen LogP contribution is 2.54. The molecule has 1 aromatic rings. The van der Waals surface area contributed by atoms with E-state index in [1.165, 1.54) is 4.90 Å². The Morgan fingerprint density at radius 1 is 1.10 bits per heavy atom. The van der Waals surface area contributed by atoms with Crippen LogP contribution >= 0.6 is 0 Å². The number of benzene rings is 1. The van der Waals surface area contributed by atoms with Gasteiger partial charge in [-0.05, 0) is 17.4 Å². The fourth-order valence-electron chi connectivity index (χ4n) is 5.22. The van der Waals surface area contributed by atoms with Gasteiger partial charge in [-0.1, -0.05) is 44.2 Å². The van der Waals surface area contributed by atoms with Crippen LogP contribution in [0, 0.1) is 22.7 Å². The Balaban J connectivity index is 1.32. The fourth-order valence-corrected chi connectivity index (χ4v) is 5.22. The second-order valence-corrected chi connectivity index (χ2v) is 9.70. The molecule has 29 heavy (non-hydrogen) atoms. The summed E-state index contributed by atoms with van der Waals surface area (Å²) in [6.07, 6.45) is 0.367. The molecule has 3 amide bonds. The zero-order valence-electron chi connectivity index (χ0n) is 16.9. The number of amides is 3. The molecule has 3 heterocycles. The van der Waals surface area contributed by atoms with Crippen molar-refractivity contribution in [3.8, 4) is 0 Å². The van der Waals surface area contributed by atoms with Crippen LogP contribution in [0.2, 0.25) is 0 Å². The van der Waals surface area contributed by atoms with Gasteiger partial charge in [0.05, 0.1) is 5.92 Å². The number of carbonyl (C=O) groups excluding carboxylic acids is 3. The van der Waals surface area contributed by atoms with Crippen LogP contribution in [0.3, 0.4) is 0 Å². The van der Waals surface area contributed by atoms with Gasteiger partial charge in [-0.3, -0.25) is 9.59 Å². The molecule has 0 aromatic heterocycles. The summed E-state index contributed by atoms with van der Waals surface area (Å²) >= 11 is 0. The smallest absolute Gasteiger partial charge is 0.417 e. The lowest BCUT2D eigenvalue weighted by Crippen LogP contribution is -2.64. The van der Waals surface area contributed by atoms with Crippen molar-refractivity contribution in [2.45, 2.75) is 26.3 Å². The molecule has 7 nitrogen and oxygen atoms in total. The zero-order chi connectivity index (χ0) is 20.4. The number of rotatable bonds is 3. The monoisotopic (exact) mass is 397 g/mol. The van der Waals surface area contributed by atoms with Crippen LogP contribution in [0.5, 0.6) is 0 Å². The van der Waals surface area contributed by atoms with Crippen LogP contribution < -0.4 is 5.32 Å². The first-order chi connectivity index (χ1) is 13.8. The van der Waals surface area contributed by atoms with E-state index in [1.54, 1.807) is 0 Å². The van der Waals surface area contributed by atoms with Gasteiger partial charge in [-0.25, -0.2) is 9.69 Å². The standard InChI is InChI=1S/C22H27N3O4/c1-21(2)8-15(21)18(26)24-12-22(13-24)11-23-9-16(22)19(27)25-17(10-29-20(25)28)14-6-4-3-5-7-14/h3-7,15-17,23H,8-13H2,1-2H3/t15-,16+,17?/m1/s1. The molecular formula is C22H27N3O4. The summed E-state index contributed by atoms with van der Waals surface area (Å²) < 4.78 is 5.24. The second-order valence-electron chi connectivity index (χ2n) is 9.70. The van der Waals surface area contributed by atoms with Crippen molar-refractivity contribution < 1.29 is 19.1 Å². The minimum absolute atomic E-state index is 0.102. The van der Waals surface area contributed by atoms with Crippen molar-refractivity contribution in [3.05, 3.63) is 35.9 Å². The van der Waals surface area contributed by atoms with Gasteiger partial charge in [-0.15, -0.1) is 0 Å². The van der Waals surface area contributed by atoms with Gasteiger partial charge in [0.15, 0.2) is 0 Å².